The Hall–Kier alpha value is -2.05. The molecule has 0 bridgehead atoms. The molecule has 1 aromatic heterocycles. The van der Waals surface area contributed by atoms with Crippen LogP contribution in [0.2, 0.25) is 0 Å². The van der Waals surface area contributed by atoms with Crippen LogP contribution in [0.25, 0.3) is 11.6 Å². The molecule has 78 valence electrons. The third kappa shape index (κ3) is 2.30. The summed E-state index contributed by atoms with van der Waals surface area (Å²) in [5, 5.41) is 11.0. The SMILES string of the molecule is N#CC(=Cc1ccc(N)cc1)c1cccs1. The third-order valence-electron chi connectivity index (χ3n) is 2.15. The second kappa shape index (κ2) is 4.65. The molecule has 2 aromatic rings. The number of anilines is 1. The Morgan fingerprint density at radius 1 is 1.25 bits per heavy atom. The summed E-state index contributed by atoms with van der Waals surface area (Å²) in [5.41, 5.74) is 8.00. The summed E-state index contributed by atoms with van der Waals surface area (Å²) in [5.74, 6) is 0. The van der Waals surface area contributed by atoms with Crippen molar-refractivity contribution in [2.45, 2.75) is 0 Å². The summed E-state index contributed by atoms with van der Waals surface area (Å²) in [4.78, 5) is 0.985. The van der Waals surface area contributed by atoms with Crippen molar-refractivity contribution in [1.82, 2.24) is 0 Å². The number of hydrogen-bond acceptors (Lipinski definition) is 3. The number of thiophene rings is 1. The lowest BCUT2D eigenvalue weighted by atomic mass is 10.1. The topological polar surface area (TPSA) is 49.8 Å². The van der Waals surface area contributed by atoms with Gasteiger partial charge in [-0.3, -0.25) is 0 Å². The molecule has 3 heteroatoms. The summed E-state index contributed by atoms with van der Waals surface area (Å²) in [7, 11) is 0. The highest BCUT2D eigenvalue weighted by Crippen LogP contribution is 2.22. The zero-order valence-electron chi connectivity index (χ0n) is 8.55. The van der Waals surface area contributed by atoms with Crippen molar-refractivity contribution in [3.05, 3.63) is 52.2 Å². The largest absolute Gasteiger partial charge is 0.399 e. The van der Waals surface area contributed by atoms with E-state index in [0.29, 0.717) is 5.57 Å². The molecular formula is C13H10N2S. The number of nitriles is 1. The van der Waals surface area contributed by atoms with Crippen LogP contribution >= 0.6 is 11.3 Å². The molecule has 2 N–H and O–H groups in total. The van der Waals surface area contributed by atoms with Crippen molar-refractivity contribution in [3.63, 3.8) is 0 Å². The molecule has 0 spiro atoms. The molecule has 1 aromatic carbocycles. The Morgan fingerprint density at radius 2 is 2.00 bits per heavy atom. The Labute approximate surface area is 98.3 Å². The van der Waals surface area contributed by atoms with Crippen LogP contribution in [0.1, 0.15) is 10.4 Å². The van der Waals surface area contributed by atoms with Crippen molar-refractivity contribution < 1.29 is 0 Å². The molecule has 16 heavy (non-hydrogen) atoms. The van der Waals surface area contributed by atoms with Gasteiger partial charge in [-0.1, -0.05) is 18.2 Å². The van der Waals surface area contributed by atoms with Gasteiger partial charge in [-0.15, -0.1) is 11.3 Å². The van der Waals surface area contributed by atoms with E-state index in [1.165, 1.54) is 0 Å². The van der Waals surface area contributed by atoms with Crippen LogP contribution in [0, 0.1) is 11.3 Å². The molecule has 0 radical (unpaired) electrons. The van der Waals surface area contributed by atoms with Gasteiger partial charge >= 0.3 is 0 Å². The van der Waals surface area contributed by atoms with Crippen LogP contribution in [0.5, 0.6) is 0 Å². The van der Waals surface area contributed by atoms with Gasteiger partial charge < -0.3 is 5.73 Å². The summed E-state index contributed by atoms with van der Waals surface area (Å²) in [6, 6.07) is 13.6. The van der Waals surface area contributed by atoms with E-state index < -0.39 is 0 Å². The normalized spacial score (nSPS) is 11.1. The molecule has 1 heterocycles. The fraction of sp³-hybridized carbons (Fsp3) is 0. The molecular weight excluding hydrogens is 216 g/mol. The Balaban J connectivity index is 2.36. The molecule has 0 saturated carbocycles. The van der Waals surface area contributed by atoms with Crippen molar-refractivity contribution in [2.75, 3.05) is 5.73 Å². The number of benzene rings is 1. The van der Waals surface area contributed by atoms with E-state index >= 15 is 0 Å². The number of hydrogen-bond donors (Lipinski definition) is 1. The van der Waals surface area contributed by atoms with E-state index in [1.807, 2.05) is 47.9 Å². The first kappa shape index (κ1) is 10.5. The highest BCUT2D eigenvalue weighted by molar-refractivity contribution is 7.11. The van der Waals surface area contributed by atoms with E-state index in [0.717, 1.165) is 16.1 Å². The number of nitrogen functional groups attached to an aromatic ring is 1. The standard InChI is InChI=1S/C13H10N2S/c14-9-11(13-2-1-7-16-13)8-10-3-5-12(15)6-4-10/h1-8H,15H2. The third-order valence-corrected chi connectivity index (χ3v) is 3.06. The van der Waals surface area contributed by atoms with E-state index in [1.54, 1.807) is 11.3 Å². The number of allylic oxidation sites excluding steroid dienone is 1. The van der Waals surface area contributed by atoms with Gasteiger partial charge in [0.05, 0.1) is 5.57 Å². The monoisotopic (exact) mass is 226 g/mol. The number of nitrogens with two attached hydrogens (primary N) is 1. The predicted octanol–water partition coefficient (Wildman–Crippen LogP) is 3.39. The fourth-order valence-electron chi connectivity index (χ4n) is 1.35. The lowest BCUT2D eigenvalue weighted by Gasteiger charge is -1.97. The van der Waals surface area contributed by atoms with Crippen LogP contribution in [0.3, 0.4) is 0 Å². The van der Waals surface area contributed by atoms with E-state index in [9.17, 15) is 0 Å². The minimum absolute atomic E-state index is 0.680. The van der Waals surface area contributed by atoms with Gasteiger partial charge in [0.15, 0.2) is 0 Å². The zero-order chi connectivity index (χ0) is 11.4. The molecule has 0 aliphatic carbocycles. The van der Waals surface area contributed by atoms with Crippen molar-refractivity contribution >= 4 is 28.7 Å². The lowest BCUT2D eigenvalue weighted by Crippen LogP contribution is -1.83. The van der Waals surface area contributed by atoms with E-state index in [4.69, 9.17) is 11.0 Å². The quantitative estimate of drug-likeness (QED) is 0.630. The van der Waals surface area contributed by atoms with Crippen molar-refractivity contribution in [1.29, 1.82) is 5.26 Å². The first-order valence-corrected chi connectivity index (χ1v) is 5.69. The van der Waals surface area contributed by atoms with Crippen LogP contribution in [-0.2, 0) is 0 Å². The van der Waals surface area contributed by atoms with Crippen LogP contribution in [0.15, 0.2) is 41.8 Å². The summed E-state index contributed by atoms with van der Waals surface area (Å²) >= 11 is 1.56. The highest BCUT2D eigenvalue weighted by atomic mass is 32.1. The molecule has 0 amide bonds. The molecule has 0 unspecified atom stereocenters. The smallest absolute Gasteiger partial charge is 0.101 e. The van der Waals surface area contributed by atoms with Gasteiger partial charge in [0, 0.05) is 10.6 Å². The second-order valence-electron chi connectivity index (χ2n) is 3.31. The zero-order valence-corrected chi connectivity index (χ0v) is 9.37. The number of rotatable bonds is 2. The summed E-state index contributed by atoms with van der Waals surface area (Å²) < 4.78 is 0. The molecule has 2 rings (SSSR count). The molecule has 0 saturated heterocycles. The average Bonchev–Trinajstić information content (AvgIpc) is 2.82. The number of nitrogens with zero attached hydrogens (tertiary/aromatic N) is 1. The van der Waals surface area contributed by atoms with Gasteiger partial charge in [0.25, 0.3) is 0 Å². The minimum Gasteiger partial charge on any atom is -0.399 e. The fourth-order valence-corrected chi connectivity index (χ4v) is 2.04. The van der Waals surface area contributed by atoms with Gasteiger partial charge in [-0.05, 0) is 35.2 Å². The minimum atomic E-state index is 0.680. The molecule has 0 aliphatic rings. The maximum Gasteiger partial charge on any atom is 0.101 e. The van der Waals surface area contributed by atoms with Gasteiger partial charge in [0.1, 0.15) is 6.07 Å². The molecule has 2 nitrogen and oxygen atoms in total. The van der Waals surface area contributed by atoms with Gasteiger partial charge in [0.2, 0.25) is 0 Å². The molecule has 0 atom stereocenters. The lowest BCUT2D eigenvalue weighted by molar-refractivity contribution is 1.54. The van der Waals surface area contributed by atoms with Crippen LogP contribution in [0.4, 0.5) is 5.69 Å². The maximum absolute atomic E-state index is 9.08. The first-order valence-electron chi connectivity index (χ1n) is 4.81. The Bertz CT molecular complexity index is 530. The van der Waals surface area contributed by atoms with E-state index in [-0.39, 0.29) is 0 Å². The van der Waals surface area contributed by atoms with E-state index in [2.05, 4.69) is 6.07 Å². The van der Waals surface area contributed by atoms with Gasteiger partial charge in [-0.2, -0.15) is 5.26 Å². The maximum atomic E-state index is 9.08. The van der Waals surface area contributed by atoms with Gasteiger partial charge in [-0.25, -0.2) is 0 Å². The molecule has 0 fully saturated rings. The second-order valence-corrected chi connectivity index (χ2v) is 4.26. The van der Waals surface area contributed by atoms with Crippen LogP contribution < -0.4 is 5.73 Å². The summed E-state index contributed by atoms with van der Waals surface area (Å²) in [6.45, 7) is 0. The summed E-state index contributed by atoms with van der Waals surface area (Å²) in [6.07, 6.45) is 1.87. The Kier molecular flexibility index (Phi) is 3.04. The highest BCUT2D eigenvalue weighted by Gasteiger charge is 2.01. The first-order chi connectivity index (χ1) is 7.79. The van der Waals surface area contributed by atoms with Crippen molar-refractivity contribution in [2.24, 2.45) is 0 Å². The average molecular weight is 226 g/mol. The predicted molar refractivity (Wildman–Crippen MR) is 68.7 cm³/mol. The van der Waals surface area contributed by atoms with Crippen molar-refractivity contribution in [3.8, 4) is 6.07 Å². The molecule has 0 aliphatic heterocycles. The Morgan fingerprint density at radius 3 is 2.56 bits per heavy atom. The van der Waals surface area contributed by atoms with Crippen LogP contribution in [-0.4, -0.2) is 0 Å².